The average molecular weight is 435 g/mol. The molecular weight excluding hydrogens is 412 g/mol. The van der Waals surface area contributed by atoms with Crippen LogP contribution in [0.4, 0.5) is 5.69 Å². The lowest BCUT2D eigenvalue weighted by atomic mass is 10.0. The summed E-state index contributed by atoms with van der Waals surface area (Å²) in [6, 6.07) is 17.9. The number of ether oxygens (including phenoxy) is 1. The van der Waals surface area contributed by atoms with Crippen LogP contribution in [-0.2, 0) is 7.05 Å². The summed E-state index contributed by atoms with van der Waals surface area (Å²) >= 11 is 1.52. The van der Waals surface area contributed by atoms with Gasteiger partial charge in [-0.15, -0.1) is 11.3 Å². The minimum Gasteiger partial charge on any atom is -0.506 e. The van der Waals surface area contributed by atoms with Gasteiger partial charge in [0.1, 0.15) is 17.1 Å². The van der Waals surface area contributed by atoms with Gasteiger partial charge in [0, 0.05) is 29.4 Å². The SMILES string of the molecule is COc1ccc(N[C@H](CC(=O)c2c(O)c3ccccc3n(C)c2=O)c2cccs2)cc1. The second kappa shape index (κ2) is 8.65. The van der Waals surface area contributed by atoms with Crippen LogP contribution in [-0.4, -0.2) is 22.6 Å². The molecule has 4 rings (SSSR count). The Labute approximate surface area is 183 Å². The van der Waals surface area contributed by atoms with Gasteiger partial charge in [-0.1, -0.05) is 18.2 Å². The molecule has 0 fully saturated rings. The summed E-state index contributed by atoms with van der Waals surface area (Å²) in [5.41, 5.74) is 0.713. The minimum absolute atomic E-state index is 0.0215. The van der Waals surface area contributed by atoms with E-state index in [4.69, 9.17) is 4.74 Å². The third-order valence-electron chi connectivity index (χ3n) is 5.26. The standard InChI is InChI=1S/C24H22N2O4S/c1-26-19-7-4-3-6-17(19)23(28)22(24(26)29)20(27)14-18(21-8-5-13-31-21)25-15-9-11-16(30-2)12-10-15/h3-13,18,25,28H,14H2,1-2H3/t18-/m1/s1. The number of thiophene rings is 1. The van der Waals surface area contributed by atoms with Crippen molar-refractivity contribution in [1.82, 2.24) is 4.57 Å². The van der Waals surface area contributed by atoms with Crippen molar-refractivity contribution in [3.8, 4) is 11.5 Å². The number of nitrogens with zero attached hydrogens (tertiary/aromatic N) is 1. The summed E-state index contributed by atoms with van der Waals surface area (Å²) in [7, 11) is 3.21. The van der Waals surface area contributed by atoms with Gasteiger partial charge in [-0.05, 0) is 47.8 Å². The van der Waals surface area contributed by atoms with E-state index in [1.807, 2.05) is 41.8 Å². The number of para-hydroxylation sites is 1. The molecule has 31 heavy (non-hydrogen) atoms. The Morgan fingerprint density at radius 1 is 1.13 bits per heavy atom. The van der Waals surface area contributed by atoms with E-state index in [1.165, 1.54) is 15.9 Å². The predicted molar refractivity (Wildman–Crippen MR) is 123 cm³/mol. The molecule has 0 saturated carbocycles. The number of hydrogen-bond acceptors (Lipinski definition) is 6. The van der Waals surface area contributed by atoms with E-state index >= 15 is 0 Å². The molecule has 0 radical (unpaired) electrons. The zero-order valence-corrected chi connectivity index (χ0v) is 18.0. The Morgan fingerprint density at radius 3 is 2.55 bits per heavy atom. The number of nitrogens with one attached hydrogen (secondary N) is 1. The predicted octanol–water partition coefficient (Wildman–Crippen LogP) is 4.74. The van der Waals surface area contributed by atoms with Gasteiger partial charge >= 0.3 is 0 Å². The lowest BCUT2D eigenvalue weighted by molar-refractivity contribution is 0.0972. The molecule has 0 aliphatic rings. The van der Waals surface area contributed by atoms with E-state index in [0.717, 1.165) is 16.3 Å². The van der Waals surface area contributed by atoms with Gasteiger partial charge in [-0.3, -0.25) is 9.59 Å². The highest BCUT2D eigenvalue weighted by Gasteiger charge is 2.25. The number of carbonyl (C=O) groups excluding carboxylic acids is 1. The fourth-order valence-electron chi connectivity index (χ4n) is 3.62. The van der Waals surface area contributed by atoms with E-state index in [2.05, 4.69) is 5.32 Å². The van der Waals surface area contributed by atoms with E-state index < -0.39 is 11.3 Å². The number of aryl methyl sites for hydroxylation is 1. The van der Waals surface area contributed by atoms with Crippen molar-refractivity contribution in [3.05, 3.63) is 86.8 Å². The Bertz CT molecular complexity index is 1280. The molecule has 2 aromatic carbocycles. The fraction of sp³-hybridized carbons (Fsp3) is 0.167. The molecule has 1 atom stereocenters. The van der Waals surface area contributed by atoms with Crippen LogP contribution in [0.2, 0.25) is 0 Å². The molecule has 4 aromatic rings. The van der Waals surface area contributed by atoms with Crippen molar-refractivity contribution >= 4 is 33.7 Å². The summed E-state index contributed by atoms with van der Waals surface area (Å²) in [5, 5.41) is 16.5. The first-order valence-electron chi connectivity index (χ1n) is 9.77. The zero-order chi connectivity index (χ0) is 22.0. The van der Waals surface area contributed by atoms with Crippen molar-refractivity contribution in [2.75, 3.05) is 12.4 Å². The van der Waals surface area contributed by atoms with Crippen molar-refractivity contribution in [2.24, 2.45) is 7.05 Å². The first kappa shape index (κ1) is 20.7. The first-order chi connectivity index (χ1) is 15.0. The number of pyridine rings is 1. The molecule has 158 valence electrons. The van der Waals surface area contributed by atoms with Crippen molar-refractivity contribution < 1.29 is 14.6 Å². The van der Waals surface area contributed by atoms with Crippen molar-refractivity contribution in [1.29, 1.82) is 0 Å². The zero-order valence-electron chi connectivity index (χ0n) is 17.2. The van der Waals surface area contributed by atoms with Crippen LogP contribution < -0.4 is 15.6 Å². The summed E-state index contributed by atoms with van der Waals surface area (Å²) in [6.07, 6.45) is 0.0215. The van der Waals surface area contributed by atoms with Gasteiger partial charge in [0.05, 0.1) is 18.7 Å². The molecule has 6 nitrogen and oxygen atoms in total. The number of carbonyl (C=O) groups is 1. The third kappa shape index (κ3) is 4.04. The Kier molecular flexibility index (Phi) is 5.77. The summed E-state index contributed by atoms with van der Waals surface area (Å²) in [5.74, 6) is 0.0558. The van der Waals surface area contributed by atoms with E-state index in [1.54, 1.807) is 38.4 Å². The monoisotopic (exact) mass is 434 g/mol. The lowest BCUT2D eigenvalue weighted by Crippen LogP contribution is -2.26. The maximum absolute atomic E-state index is 13.2. The summed E-state index contributed by atoms with van der Waals surface area (Å²) in [4.78, 5) is 27.1. The van der Waals surface area contributed by atoms with Crippen molar-refractivity contribution in [3.63, 3.8) is 0 Å². The largest absolute Gasteiger partial charge is 0.506 e. The second-order valence-corrected chi connectivity index (χ2v) is 8.15. The fourth-order valence-corrected chi connectivity index (χ4v) is 4.40. The highest BCUT2D eigenvalue weighted by atomic mass is 32.1. The van der Waals surface area contributed by atoms with Gasteiger partial charge in [0.15, 0.2) is 5.78 Å². The van der Waals surface area contributed by atoms with Crippen LogP contribution in [0, 0.1) is 0 Å². The maximum Gasteiger partial charge on any atom is 0.265 e. The van der Waals surface area contributed by atoms with Crippen LogP contribution in [0.5, 0.6) is 11.5 Å². The number of ketones is 1. The summed E-state index contributed by atoms with van der Waals surface area (Å²) in [6.45, 7) is 0. The van der Waals surface area contributed by atoms with Gasteiger partial charge in [-0.25, -0.2) is 0 Å². The quantitative estimate of drug-likeness (QED) is 0.411. The number of Topliss-reactive ketones (excluding diaryl/α,β-unsaturated/α-hetero) is 1. The number of methoxy groups -OCH3 is 1. The number of rotatable bonds is 7. The number of aromatic hydroxyl groups is 1. The lowest BCUT2D eigenvalue weighted by Gasteiger charge is -2.19. The smallest absolute Gasteiger partial charge is 0.265 e. The molecule has 0 bridgehead atoms. The highest BCUT2D eigenvalue weighted by Crippen LogP contribution is 2.31. The molecular formula is C24H22N2O4S. The summed E-state index contributed by atoms with van der Waals surface area (Å²) < 4.78 is 6.60. The van der Waals surface area contributed by atoms with Crippen LogP contribution in [0.15, 0.2) is 70.8 Å². The number of fused-ring (bicyclic) bond motifs is 1. The number of anilines is 1. The van der Waals surface area contributed by atoms with Crippen LogP contribution in [0.1, 0.15) is 27.7 Å². The molecule has 0 aliphatic heterocycles. The molecule has 2 heterocycles. The molecule has 0 aliphatic carbocycles. The average Bonchev–Trinajstić information content (AvgIpc) is 3.33. The normalized spacial score (nSPS) is 11.9. The molecule has 7 heteroatoms. The van der Waals surface area contributed by atoms with Gasteiger partial charge < -0.3 is 19.7 Å². The van der Waals surface area contributed by atoms with Crippen LogP contribution in [0.3, 0.4) is 0 Å². The van der Waals surface area contributed by atoms with Gasteiger partial charge in [0.2, 0.25) is 0 Å². The van der Waals surface area contributed by atoms with Crippen molar-refractivity contribution in [2.45, 2.75) is 12.5 Å². The number of aromatic nitrogens is 1. The van der Waals surface area contributed by atoms with E-state index in [9.17, 15) is 14.7 Å². The molecule has 0 saturated heterocycles. The Balaban J connectivity index is 1.69. The first-order valence-corrected chi connectivity index (χ1v) is 10.7. The molecule has 0 amide bonds. The van der Waals surface area contributed by atoms with Crippen LogP contribution >= 0.6 is 11.3 Å². The molecule has 2 aromatic heterocycles. The van der Waals surface area contributed by atoms with Crippen LogP contribution in [0.25, 0.3) is 10.9 Å². The minimum atomic E-state index is -0.504. The van der Waals surface area contributed by atoms with Gasteiger partial charge in [-0.2, -0.15) is 0 Å². The number of hydrogen-bond donors (Lipinski definition) is 2. The van der Waals surface area contributed by atoms with E-state index in [0.29, 0.717) is 10.9 Å². The Hall–Kier alpha value is -3.58. The molecule has 0 spiro atoms. The topological polar surface area (TPSA) is 80.6 Å². The Morgan fingerprint density at radius 2 is 1.87 bits per heavy atom. The van der Waals surface area contributed by atoms with E-state index in [-0.39, 0.29) is 23.8 Å². The third-order valence-corrected chi connectivity index (χ3v) is 6.25. The number of benzene rings is 2. The molecule has 0 unspecified atom stereocenters. The second-order valence-electron chi connectivity index (χ2n) is 7.17. The molecule has 2 N–H and O–H groups in total. The van der Waals surface area contributed by atoms with Gasteiger partial charge in [0.25, 0.3) is 5.56 Å². The highest BCUT2D eigenvalue weighted by molar-refractivity contribution is 7.10. The maximum atomic E-state index is 13.2.